The molecule has 1 nitrogen and oxygen atoms in total. The summed E-state index contributed by atoms with van der Waals surface area (Å²) in [6.07, 6.45) is 0. The average Bonchev–Trinajstić information content (AvgIpc) is 2.56. The summed E-state index contributed by atoms with van der Waals surface area (Å²) >= 11 is 4.23. The molecule has 0 heterocycles. The summed E-state index contributed by atoms with van der Waals surface area (Å²) in [5, 5.41) is 0. The molecule has 0 spiro atoms. The van der Waals surface area contributed by atoms with Gasteiger partial charge in [-0.15, -0.1) is 12.6 Å². The van der Waals surface area contributed by atoms with Crippen molar-refractivity contribution in [1.29, 1.82) is 0 Å². The molecule has 0 N–H and O–H groups in total. The van der Waals surface area contributed by atoms with Crippen LogP contribution in [0.2, 0.25) is 0 Å². The lowest BCUT2D eigenvalue weighted by Gasteiger charge is -2.04. The third kappa shape index (κ3) is 3.06. The molecule has 3 aromatic carbocycles. The van der Waals surface area contributed by atoms with E-state index in [0.717, 1.165) is 16.0 Å². The molecule has 0 amide bonds. The van der Waals surface area contributed by atoms with Crippen LogP contribution < -0.4 is 0 Å². The Morgan fingerprint density at radius 2 is 1.10 bits per heavy atom. The van der Waals surface area contributed by atoms with Gasteiger partial charge in [-0.05, 0) is 35.4 Å². The summed E-state index contributed by atoms with van der Waals surface area (Å²) in [6.45, 7) is 0. The van der Waals surface area contributed by atoms with Crippen molar-refractivity contribution in [1.82, 2.24) is 0 Å². The van der Waals surface area contributed by atoms with Gasteiger partial charge in [-0.25, -0.2) is 0 Å². The Labute approximate surface area is 129 Å². The number of hydrogen-bond acceptors (Lipinski definition) is 2. The van der Waals surface area contributed by atoms with Gasteiger partial charge < -0.3 is 0 Å². The van der Waals surface area contributed by atoms with Gasteiger partial charge in [0.05, 0.1) is 0 Å². The highest BCUT2D eigenvalue weighted by molar-refractivity contribution is 7.80. The van der Waals surface area contributed by atoms with E-state index in [2.05, 4.69) is 24.8 Å². The minimum Gasteiger partial charge on any atom is -0.289 e. The van der Waals surface area contributed by atoms with Crippen LogP contribution in [-0.4, -0.2) is 5.78 Å². The second kappa shape index (κ2) is 5.98. The largest absolute Gasteiger partial charge is 0.289 e. The predicted octanol–water partition coefficient (Wildman–Crippen LogP) is 4.87. The number of carbonyl (C=O) groups is 1. The summed E-state index contributed by atoms with van der Waals surface area (Å²) in [4.78, 5) is 13.2. The lowest BCUT2D eigenvalue weighted by atomic mass is 9.99. The van der Waals surface area contributed by atoms with Crippen molar-refractivity contribution in [3.8, 4) is 11.1 Å². The van der Waals surface area contributed by atoms with E-state index in [-0.39, 0.29) is 5.78 Å². The maximum atomic E-state index is 12.4. The highest BCUT2D eigenvalue weighted by atomic mass is 32.1. The first-order chi connectivity index (χ1) is 10.2. The fraction of sp³-hybridized carbons (Fsp3) is 0. The van der Waals surface area contributed by atoms with Crippen molar-refractivity contribution in [2.45, 2.75) is 4.90 Å². The summed E-state index contributed by atoms with van der Waals surface area (Å²) in [5.74, 6) is 0.0305. The smallest absolute Gasteiger partial charge is 0.193 e. The third-order valence-corrected chi connectivity index (χ3v) is 3.68. The monoisotopic (exact) mass is 290 g/mol. The van der Waals surface area contributed by atoms with E-state index in [9.17, 15) is 4.79 Å². The minimum atomic E-state index is 0.0305. The zero-order valence-corrected chi connectivity index (χ0v) is 12.3. The second-order valence-corrected chi connectivity index (χ2v) is 5.34. The molecule has 0 aliphatic heterocycles. The van der Waals surface area contributed by atoms with Crippen LogP contribution in [0.15, 0.2) is 83.8 Å². The highest BCUT2D eigenvalue weighted by Gasteiger charge is 2.08. The maximum absolute atomic E-state index is 12.4. The zero-order valence-electron chi connectivity index (χ0n) is 11.4. The molecule has 0 saturated heterocycles. The molecule has 0 unspecified atom stereocenters. The van der Waals surface area contributed by atoms with Crippen LogP contribution in [0.25, 0.3) is 11.1 Å². The molecule has 102 valence electrons. The van der Waals surface area contributed by atoms with Crippen molar-refractivity contribution in [2.24, 2.45) is 0 Å². The molecule has 0 aliphatic rings. The van der Waals surface area contributed by atoms with Crippen molar-refractivity contribution in [3.63, 3.8) is 0 Å². The Kier molecular flexibility index (Phi) is 3.89. The number of benzene rings is 3. The van der Waals surface area contributed by atoms with Crippen LogP contribution in [0.5, 0.6) is 0 Å². The number of ketones is 1. The molecule has 0 saturated carbocycles. The molecule has 2 heteroatoms. The number of rotatable bonds is 3. The Hall–Kier alpha value is -2.32. The molecule has 0 aromatic heterocycles. The SMILES string of the molecule is O=C(c1ccc(S)cc1)c1ccc(-c2ccccc2)cc1. The van der Waals surface area contributed by atoms with E-state index in [1.54, 1.807) is 12.1 Å². The van der Waals surface area contributed by atoms with E-state index in [0.29, 0.717) is 11.1 Å². The zero-order chi connectivity index (χ0) is 14.7. The van der Waals surface area contributed by atoms with Gasteiger partial charge in [0.25, 0.3) is 0 Å². The van der Waals surface area contributed by atoms with Crippen LogP contribution >= 0.6 is 12.6 Å². The number of hydrogen-bond donors (Lipinski definition) is 1. The molecular formula is C19H14OS. The second-order valence-electron chi connectivity index (χ2n) is 4.82. The highest BCUT2D eigenvalue weighted by Crippen LogP contribution is 2.20. The van der Waals surface area contributed by atoms with E-state index in [1.807, 2.05) is 54.6 Å². The number of thiol groups is 1. The third-order valence-electron chi connectivity index (χ3n) is 3.38. The van der Waals surface area contributed by atoms with E-state index >= 15 is 0 Å². The van der Waals surface area contributed by atoms with Crippen LogP contribution in [-0.2, 0) is 0 Å². The average molecular weight is 290 g/mol. The normalized spacial score (nSPS) is 10.3. The van der Waals surface area contributed by atoms with E-state index in [1.165, 1.54) is 0 Å². The van der Waals surface area contributed by atoms with Crippen molar-refractivity contribution < 1.29 is 4.79 Å². The Morgan fingerprint density at radius 1 is 0.619 bits per heavy atom. The van der Waals surface area contributed by atoms with Crippen LogP contribution in [0.3, 0.4) is 0 Å². The van der Waals surface area contributed by atoms with Crippen LogP contribution in [0.1, 0.15) is 15.9 Å². The van der Waals surface area contributed by atoms with Gasteiger partial charge in [-0.3, -0.25) is 4.79 Å². The topological polar surface area (TPSA) is 17.1 Å². The fourth-order valence-corrected chi connectivity index (χ4v) is 2.37. The first kappa shape index (κ1) is 13.7. The first-order valence-corrected chi connectivity index (χ1v) is 7.18. The molecule has 0 atom stereocenters. The van der Waals surface area contributed by atoms with Crippen LogP contribution in [0, 0.1) is 0 Å². The van der Waals surface area contributed by atoms with Crippen molar-refractivity contribution in [3.05, 3.63) is 90.0 Å². The lowest BCUT2D eigenvalue weighted by molar-refractivity contribution is 0.103. The van der Waals surface area contributed by atoms with Gasteiger partial charge in [0.2, 0.25) is 0 Å². The standard InChI is InChI=1S/C19H14OS/c20-19(17-10-12-18(21)13-11-17)16-8-6-15(7-9-16)14-4-2-1-3-5-14/h1-13,21H. The summed E-state index contributed by atoms with van der Waals surface area (Å²) < 4.78 is 0. The summed E-state index contributed by atoms with van der Waals surface area (Å²) in [7, 11) is 0. The predicted molar refractivity (Wildman–Crippen MR) is 89.0 cm³/mol. The van der Waals surface area contributed by atoms with Crippen molar-refractivity contribution >= 4 is 18.4 Å². The Balaban J connectivity index is 1.87. The summed E-state index contributed by atoms with van der Waals surface area (Å²) in [5.41, 5.74) is 3.63. The first-order valence-electron chi connectivity index (χ1n) is 6.73. The maximum Gasteiger partial charge on any atom is 0.193 e. The van der Waals surface area contributed by atoms with Gasteiger partial charge in [-0.2, -0.15) is 0 Å². The molecule has 21 heavy (non-hydrogen) atoms. The molecule has 0 fully saturated rings. The van der Waals surface area contributed by atoms with E-state index < -0.39 is 0 Å². The van der Waals surface area contributed by atoms with Crippen LogP contribution in [0.4, 0.5) is 0 Å². The Morgan fingerprint density at radius 3 is 1.67 bits per heavy atom. The molecule has 0 bridgehead atoms. The Bertz CT molecular complexity index is 744. The molecule has 0 aliphatic carbocycles. The van der Waals surface area contributed by atoms with Gasteiger partial charge in [0.1, 0.15) is 0 Å². The van der Waals surface area contributed by atoms with Gasteiger partial charge in [-0.1, -0.05) is 54.6 Å². The molecule has 3 aromatic rings. The molecular weight excluding hydrogens is 276 g/mol. The van der Waals surface area contributed by atoms with E-state index in [4.69, 9.17) is 0 Å². The summed E-state index contributed by atoms with van der Waals surface area (Å²) in [6, 6.07) is 25.1. The lowest BCUT2D eigenvalue weighted by Crippen LogP contribution is -2.00. The number of carbonyl (C=O) groups excluding carboxylic acids is 1. The fourth-order valence-electron chi connectivity index (χ4n) is 2.22. The molecule has 3 rings (SSSR count). The van der Waals surface area contributed by atoms with Gasteiger partial charge in [0, 0.05) is 16.0 Å². The molecule has 0 radical (unpaired) electrons. The quantitative estimate of drug-likeness (QED) is 0.538. The minimum absolute atomic E-state index is 0.0305. The van der Waals surface area contributed by atoms with Gasteiger partial charge in [0.15, 0.2) is 5.78 Å². The van der Waals surface area contributed by atoms with Crippen molar-refractivity contribution in [2.75, 3.05) is 0 Å². The van der Waals surface area contributed by atoms with Gasteiger partial charge >= 0.3 is 0 Å².